The Kier molecular flexibility index (Phi) is 5.41. The van der Waals surface area contributed by atoms with Crippen molar-refractivity contribution < 1.29 is 9.53 Å². The number of aromatic nitrogens is 2. The van der Waals surface area contributed by atoms with Crippen LogP contribution in [0.4, 0.5) is 10.6 Å². The third kappa shape index (κ3) is 3.80. The number of fused-ring (bicyclic) bond motifs is 1. The van der Waals surface area contributed by atoms with Crippen molar-refractivity contribution in [3.63, 3.8) is 0 Å². The molecule has 1 unspecified atom stereocenters. The zero-order valence-corrected chi connectivity index (χ0v) is 15.0. The van der Waals surface area contributed by atoms with Crippen molar-refractivity contribution in [2.24, 2.45) is 11.5 Å². The smallest absolute Gasteiger partial charge is 0.408 e. The van der Waals surface area contributed by atoms with E-state index in [0.717, 1.165) is 5.56 Å². The molecule has 1 amide bonds. The van der Waals surface area contributed by atoms with Crippen molar-refractivity contribution in [2.75, 3.05) is 11.9 Å². The SMILES string of the molecule is NCC(Nc1ncnc2c(OC(N)=O)cccc12)c1ccc(Cl)c(Cl)c1. The van der Waals surface area contributed by atoms with Gasteiger partial charge >= 0.3 is 6.09 Å². The molecule has 5 N–H and O–H groups in total. The molecule has 3 aromatic rings. The summed E-state index contributed by atoms with van der Waals surface area (Å²) in [5.74, 6) is 0.783. The summed E-state index contributed by atoms with van der Waals surface area (Å²) in [5.41, 5.74) is 12.3. The van der Waals surface area contributed by atoms with Gasteiger partial charge in [-0.15, -0.1) is 0 Å². The fourth-order valence-corrected chi connectivity index (χ4v) is 2.85. The molecule has 0 fully saturated rings. The molecule has 0 saturated carbocycles. The highest BCUT2D eigenvalue weighted by atomic mass is 35.5. The van der Waals surface area contributed by atoms with Gasteiger partial charge in [0.05, 0.1) is 16.1 Å². The summed E-state index contributed by atoms with van der Waals surface area (Å²) in [5, 5.41) is 4.83. The van der Waals surface area contributed by atoms with Crippen LogP contribution in [0.15, 0.2) is 42.7 Å². The number of ether oxygens (including phenoxy) is 1. The maximum Gasteiger partial charge on any atom is 0.410 e. The van der Waals surface area contributed by atoms with Gasteiger partial charge in [0, 0.05) is 11.9 Å². The van der Waals surface area contributed by atoms with E-state index in [0.29, 0.717) is 33.3 Å². The van der Waals surface area contributed by atoms with Crippen LogP contribution in [-0.2, 0) is 0 Å². The maximum absolute atomic E-state index is 11.1. The van der Waals surface area contributed by atoms with Crippen LogP contribution in [0.2, 0.25) is 10.0 Å². The molecule has 0 saturated heterocycles. The van der Waals surface area contributed by atoms with Crippen LogP contribution in [0.3, 0.4) is 0 Å². The van der Waals surface area contributed by atoms with Crippen molar-refractivity contribution in [2.45, 2.75) is 6.04 Å². The minimum Gasteiger partial charge on any atom is -0.408 e. The van der Waals surface area contributed by atoms with E-state index in [1.165, 1.54) is 6.33 Å². The average Bonchev–Trinajstić information content (AvgIpc) is 2.62. The van der Waals surface area contributed by atoms with Gasteiger partial charge in [0.25, 0.3) is 0 Å². The Balaban J connectivity index is 1.99. The van der Waals surface area contributed by atoms with E-state index >= 15 is 0 Å². The second-order valence-corrected chi connectivity index (χ2v) is 6.22. The molecule has 1 atom stereocenters. The van der Waals surface area contributed by atoms with Crippen LogP contribution in [0.1, 0.15) is 11.6 Å². The predicted molar refractivity (Wildman–Crippen MR) is 102 cm³/mol. The number of amides is 1. The van der Waals surface area contributed by atoms with Crippen LogP contribution in [0, 0.1) is 0 Å². The summed E-state index contributed by atoms with van der Waals surface area (Å²) in [7, 11) is 0. The number of halogens is 2. The lowest BCUT2D eigenvalue weighted by Gasteiger charge is -2.19. The standard InChI is InChI=1S/C17H15Cl2N5O2/c18-11-5-4-9(6-12(11)19)13(7-20)24-16-10-2-1-3-14(26-17(21)25)15(10)22-8-23-16/h1-6,8,13H,7,20H2,(H2,21,25)(H,22,23,24). The summed E-state index contributed by atoms with van der Waals surface area (Å²) in [6.45, 7) is 0.293. The van der Waals surface area contributed by atoms with Gasteiger partial charge in [-0.2, -0.15) is 0 Å². The fourth-order valence-electron chi connectivity index (χ4n) is 2.54. The quantitative estimate of drug-likeness (QED) is 0.612. The first-order valence-electron chi connectivity index (χ1n) is 7.62. The van der Waals surface area contributed by atoms with Gasteiger partial charge in [0.1, 0.15) is 17.7 Å². The molecule has 0 spiro atoms. The van der Waals surface area contributed by atoms with E-state index in [4.69, 9.17) is 39.4 Å². The number of rotatable bonds is 5. The Morgan fingerprint density at radius 2 is 2.00 bits per heavy atom. The van der Waals surface area contributed by atoms with Crippen molar-refractivity contribution in [3.05, 3.63) is 58.3 Å². The number of hydrogen-bond acceptors (Lipinski definition) is 6. The molecule has 2 aromatic carbocycles. The number of anilines is 1. The van der Waals surface area contributed by atoms with Gasteiger partial charge in [-0.25, -0.2) is 14.8 Å². The number of nitrogens with zero attached hydrogens (tertiary/aromatic N) is 2. The molecule has 0 radical (unpaired) electrons. The molecule has 0 aliphatic heterocycles. The molecule has 0 aliphatic carbocycles. The molecule has 7 nitrogen and oxygen atoms in total. The monoisotopic (exact) mass is 391 g/mol. The molecule has 9 heteroatoms. The predicted octanol–water partition coefficient (Wildman–Crippen LogP) is 3.51. The van der Waals surface area contributed by atoms with Gasteiger partial charge in [-0.1, -0.05) is 35.3 Å². The zero-order valence-electron chi connectivity index (χ0n) is 13.4. The summed E-state index contributed by atoms with van der Waals surface area (Å²) >= 11 is 12.1. The average molecular weight is 392 g/mol. The Morgan fingerprint density at radius 3 is 2.69 bits per heavy atom. The highest BCUT2D eigenvalue weighted by Gasteiger charge is 2.15. The number of nitrogens with one attached hydrogen (secondary N) is 1. The van der Waals surface area contributed by atoms with E-state index in [1.807, 2.05) is 6.07 Å². The first-order chi connectivity index (χ1) is 12.5. The van der Waals surface area contributed by atoms with E-state index in [-0.39, 0.29) is 11.8 Å². The summed E-state index contributed by atoms with van der Waals surface area (Å²) in [4.78, 5) is 19.5. The third-order valence-electron chi connectivity index (χ3n) is 3.73. The Morgan fingerprint density at radius 1 is 1.19 bits per heavy atom. The first-order valence-corrected chi connectivity index (χ1v) is 8.37. The highest BCUT2D eigenvalue weighted by molar-refractivity contribution is 6.42. The number of para-hydroxylation sites is 1. The zero-order chi connectivity index (χ0) is 18.7. The van der Waals surface area contributed by atoms with E-state index in [1.54, 1.807) is 30.3 Å². The molecular weight excluding hydrogens is 377 g/mol. The minimum absolute atomic E-state index is 0.249. The molecule has 1 heterocycles. The highest BCUT2D eigenvalue weighted by Crippen LogP contribution is 2.31. The fraction of sp³-hybridized carbons (Fsp3) is 0.118. The molecule has 134 valence electrons. The molecule has 0 bridgehead atoms. The molecule has 26 heavy (non-hydrogen) atoms. The first kappa shape index (κ1) is 18.2. The van der Waals surface area contributed by atoms with Crippen molar-refractivity contribution >= 4 is 46.0 Å². The van der Waals surface area contributed by atoms with Crippen LogP contribution in [-0.4, -0.2) is 22.6 Å². The second kappa shape index (κ2) is 7.74. The Labute approximate surface area is 159 Å². The van der Waals surface area contributed by atoms with E-state index < -0.39 is 6.09 Å². The van der Waals surface area contributed by atoms with Gasteiger partial charge in [0.15, 0.2) is 5.75 Å². The topological polar surface area (TPSA) is 116 Å². The number of carbonyl (C=O) groups is 1. The number of carbonyl (C=O) groups excluding carboxylic acids is 1. The third-order valence-corrected chi connectivity index (χ3v) is 4.47. The Bertz CT molecular complexity index is 967. The molecular formula is C17H15Cl2N5O2. The van der Waals surface area contributed by atoms with Crippen molar-refractivity contribution in [3.8, 4) is 5.75 Å². The van der Waals surface area contributed by atoms with Gasteiger partial charge in [-0.3, -0.25) is 0 Å². The minimum atomic E-state index is -0.915. The number of benzene rings is 2. The van der Waals surface area contributed by atoms with E-state index in [9.17, 15) is 4.79 Å². The number of hydrogen-bond donors (Lipinski definition) is 3. The van der Waals surface area contributed by atoms with Crippen molar-refractivity contribution in [1.82, 2.24) is 9.97 Å². The van der Waals surface area contributed by atoms with Gasteiger partial charge in [0.2, 0.25) is 0 Å². The van der Waals surface area contributed by atoms with Crippen LogP contribution in [0.5, 0.6) is 5.75 Å². The number of nitrogens with two attached hydrogens (primary N) is 2. The lowest BCUT2D eigenvalue weighted by molar-refractivity contribution is 0.211. The largest absolute Gasteiger partial charge is 0.410 e. The van der Waals surface area contributed by atoms with Crippen LogP contribution in [0.25, 0.3) is 10.9 Å². The van der Waals surface area contributed by atoms with Gasteiger partial charge in [-0.05, 0) is 29.8 Å². The number of primary amides is 1. The molecule has 1 aromatic heterocycles. The van der Waals surface area contributed by atoms with Crippen molar-refractivity contribution in [1.29, 1.82) is 0 Å². The van der Waals surface area contributed by atoms with Crippen LogP contribution >= 0.6 is 23.2 Å². The lowest BCUT2D eigenvalue weighted by Crippen LogP contribution is -2.21. The molecule has 0 aliphatic rings. The van der Waals surface area contributed by atoms with E-state index in [2.05, 4.69) is 15.3 Å². The van der Waals surface area contributed by atoms with Gasteiger partial charge < -0.3 is 21.5 Å². The van der Waals surface area contributed by atoms with Crippen LogP contribution < -0.4 is 21.5 Å². The summed E-state index contributed by atoms with van der Waals surface area (Å²) in [6, 6.07) is 10.1. The maximum atomic E-state index is 11.1. The second-order valence-electron chi connectivity index (χ2n) is 5.40. The summed E-state index contributed by atoms with van der Waals surface area (Å²) in [6.07, 6.45) is 0.447. The normalized spacial score (nSPS) is 12.0. The molecule has 3 rings (SSSR count). The Hall–Kier alpha value is -2.61. The lowest BCUT2D eigenvalue weighted by atomic mass is 10.1. The summed E-state index contributed by atoms with van der Waals surface area (Å²) < 4.78 is 4.99.